The van der Waals surface area contributed by atoms with Crippen LogP contribution >= 0.6 is 24.0 Å². The Labute approximate surface area is 170 Å². The van der Waals surface area contributed by atoms with Crippen molar-refractivity contribution in [3.8, 4) is 0 Å². The van der Waals surface area contributed by atoms with Crippen LogP contribution in [0.3, 0.4) is 0 Å². The Bertz CT molecular complexity index is 490. The summed E-state index contributed by atoms with van der Waals surface area (Å²) in [6.45, 7) is 10.0. The fourth-order valence-electron chi connectivity index (χ4n) is 2.30. The van der Waals surface area contributed by atoms with E-state index in [9.17, 15) is 0 Å². The Kier molecular flexibility index (Phi) is 12.9. The Morgan fingerprint density at radius 1 is 1.08 bits per heavy atom. The second kappa shape index (κ2) is 13.4. The third kappa shape index (κ3) is 9.42. The summed E-state index contributed by atoms with van der Waals surface area (Å²) in [5.74, 6) is 0.795. The number of rotatable bonds is 10. The first-order valence-electron chi connectivity index (χ1n) is 8.64. The number of nitrogens with one attached hydrogen (secondary N) is 2. The number of benzene rings is 1. The SMILES string of the molecule is CCc1ccc(C(C)(C)CNC(=NC)NCCOCCOC)cc1.I. The van der Waals surface area contributed by atoms with Crippen LogP contribution in [-0.4, -0.2) is 53.0 Å². The summed E-state index contributed by atoms with van der Waals surface area (Å²) in [4.78, 5) is 4.26. The molecule has 0 fully saturated rings. The number of guanidine groups is 1. The fraction of sp³-hybridized carbons (Fsp3) is 0.632. The molecule has 0 atom stereocenters. The molecule has 0 saturated heterocycles. The van der Waals surface area contributed by atoms with Crippen LogP contribution < -0.4 is 10.6 Å². The van der Waals surface area contributed by atoms with Gasteiger partial charge in [-0.3, -0.25) is 4.99 Å². The first-order valence-corrected chi connectivity index (χ1v) is 8.64. The van der Waals surface area contributed by atoms with E-state index >= 15 is 0 Å². The van der Waals surface area contributed by atoms with E-state index < -0.39 is 0 Å². The minimum Gasteiger partial charge on any atom is -0.382 e. The van der Waals surface area contributed by atoms with Gasteiger partial charge in [-0.1, -0.05) is 45.0 Å². The quantitative estimate of drug-likeness (QED) is 0.243. The molecule has 0 aliphatic rings. The molecule has 2 N–H and O–H groups in total. The molecule has 1 rings (SSSR count). The zero-order valence-electron chi connectivity index (χ0n) is 16.2. The Morgan fingerprint density at radius 2 is 1.76 bits per heavy atom. The van der Waals surface area contributed by atoms with E-state index in [1.54, 1.807) is 14.2 Å². The number of methoxy groups -OCH3 is 1. The van der Waals surface area contributed by atoms with E-state index in [4.69, 9.17) is 9.47 Å². The second-order valence-corrected chi connectivity index (χ2v) is 6.39. The van der Waals surface area contributed by atoms with Crippen molar-refractivity contribution < 1.29 is 9.47 Å². The van der Waals surface area contributed by atoms with Gasteiger partial charge in [0.15, 0.2) is 5.96 Å². The maximum atomic E-state index is 5.44. The molecule has 0 amide bonds. The average Bonchev–Trinajstić information content (AvgIpc) is 2.60. The standard InChI is InChI=1S/C19H33N3O2.HI/c1-6-16-7-9-17(10-8-16)19(2,3)15-22-18(20-4)21-11-12-24-14-13-23-5;/h7-10H,6,11-15H2,1-5H3,(H2,20,21,22);1H. The van der Waals surface area contributed by atoms with Crippen LogP contribution in [0, 0.1) is 0 Å². The number of hydrogen-bond acceptors (Lipinski definition) is 3. The molecule has 0 saturated carbocycles. The predicted molar refractivity (Wildman–Crippen MR) is 116 cm³/mol. The molecule has 0 aromatic heterocycles. The van der Waals surface area contributed by atoms with Crippen LogP contribution in [0.1, 0.15) is 31.9 Å². The smallest absolute Gasteiger partial charge is 0.191 e. The van der Waals surface area contributed by atoms with Crippen molar-refractivity contribution in [1.82, 2.24) is 10.6 Å². The lowest BCUT2D eigenvalue weighted by Crippen LogP contribution is -2.44. The van der Waals surface area contributed by atoms with Crippen LogP contribution in [0.5, 0.6) is 0 Å². The molecule has 6 heteroatoms. The van der Waals surface area contributed by atoms with Gasteiger partial charge in [0.25, 0.3) is 0 Å². The maximum Gasteiger partial charge on any atom is 0.191 e. The molecule has 0 unspecified atom stereocenters. The number of aliphatic imine (C=N–C) groups is 1. The number of nitrogens with zero attached hydrogens (tertiary/aromatic N) is 1. The van der Waals surface area contributed by atoms with Crippen LogP contribution in [0.25, 0.3) is 0 Å². The predicted octanol–water partition coefficient (Wildman–Crippen LogP) is 2.97. The van der Waals surface area contributed by atoms with E-state index in [0.29, 0.717) is 19.8 Å². The number of hydrogen-bond donors (Lipinski definition) is 2. The summed E-state index contributed by atoms with van der Waals surface area (Å²) in [6.07, 6.45) is 1.07. The van der Waals surface area contributed by atoms with Crippen LogP contribution in [0.2, 0.25) is 0 Å². The molecule has 0 heterocycles. The van der Waals surface area contributed by atoms with Crippen molar-refractivity contribution >= 4 is 29.9 Å². The van der Waals surface area contributed by atoms with Gasteiger partial charge in [0.1, 0.15) is 0 Å². The molecule has 144 valence electrons. The summed E-state index contributed by atoms with van der Waals surface area (Å²) in [6, 6.07) is 8.86. The van der Waals surface area contributed by atoms with Crippen LogP contribution in [0.15, 0.2) is 29.3 Å². The highest BCUT2D eigenvalue weighted by molar-refractivity contribution is 14.0. The fourth-order valence-corrected chi connectivity index (χ4v) is 2.30. The number of ether oxygens (including phenoxy) is 2. The summed E-state index contributed by atoms with van der Waals surface area (Å²) in [5.41, 5.74) is 2.72. The van der Waals surface area contributed by atoms with Gasteiger partial charge in [-0.25, -0.2) is 0 Å². The first kappa shape index (κ1) is 24.1. The van der Waals surface area contributed by atoms with Crippen molar-refractivity contribution in [1.29, 1.82) is 0 Å². The lowest BCUT2D eigenvalue weighted by atomic mass is 9.84. The van der Waals surface area contributed by atoms with Gasteiger partial charge in [-0.05, 0) is 17.5 Å². The molecular formula is C19H34IN3O2. The molecule has 0 bridgehead atoms. The van der Waals surface area contributed by atoms with Gasteiger partial charge in [0.05, 0.1) is 19.8 Å². The molecule has 0 aliphatic carbocycles. The highest BCUT2D eigenvalue weighted by Gasteiger charge is 2.20. The Balaban J connectivity index is 0.00000576. The molecule has 25 heavy (non-hydrogen) atoms. The lowest BCUT2D eigenvalue weighted by molar-refractivity contribution is 0.0733. The van der Waals surface area contributed by atoms with Gasteiger partial charge < -0.3 is 20.1 Å². The number of aryl methyl sites for hydroxylation is 1. The molecule has 0 spiro atoms. The van der Waals surface area contributed by atoms with Crippen molar-refractivity contribution in [2.75, 3.05) is 47.1 Å². The Hall–Kier alpha value is -0.860. The van der Waals surface area contributed by atoms with Gasteiger partial charge in [-0.15, -0.1) is 24.0 Å². The largest absolute Gasteiger partial charge is 0.382 e. The summed E-state index contributed by atoms with van der Waals surface area (Å²) in [5, 5.41) is 6.66. The van der Waals surface area contributed by atoms with Gasteiger partial charge in [0, 0.05) is 32.7 Å². The van der Waals surface area contributed by atoms with Crippen molar-refractivity contribution in [3.05, 3.63) is 35.4 Å². The van der Waals surface area contributed by atoms with Crippen molar-refractivity contribution in [3.63, 3.8) is 0 Å². The van der Waals surface area contributed by atoms with Crippen LogP contribution in [-0.2, 0) is 21.3 Å². The normalized spacial score (nSPS) is 11.8. The second-order valence-electron chi connectivity index (χ2n) is 6.39. The van der Waals surface area contributed by atoms with E-state index in [0.717, 1.165) is 25.5 Å². The van der Waals surface area contributed by atoms with E-state index in [1.165, 1.54) is 11.1 Å². The average molecular weight is 463 g/mol. The topological polar surface area (TPSA) is 54.9 Å². The first-order chi connectivity index (χ1) is 11.5. The zero-order valence-corrected chi connectivity index (χ0v) is 18.6. The van der Waals surface area contributed by atoms with E-state index in [-0.39, 0.29) is 29.4 Å². The van der Waals surface area contributed by atoms with E-state index in [2.05, 4.69) is 60.7 Å². The van der Waals surface area contributed by atoms with Crippen molar-refractivity contribution in [2.45, 2.75) is 32.6 Å². The third-order valence-corrected chi connectivity index (χ3v) is 4.04. The molecule has 0 aliphatic heterocycles. The molecular weight excluding hydrogens is 429 g/mol. The highest BCUT2D eigenvalue weighted by atomic mass is 127. The summed E-state index contributed by atoms with van der Waals surface area (Å²) >= 11 is 0. The zero-order chi connectivity index (χ0) is 17.8. The number of halogens is 1. The maximum absolute atomic E-state index is 5.44. The minimum atomic E-state index is 0. The Morgan fingerprint density at radius 3 is 2.32 bits per heavy atom. The van der Waals surface area contributed by atoms with Crippen molar-refractivity contribution in [2.24, 2.45) is 4.99 Å². The minimum absolute atomic E-state index is 0. The van der Waals surface area contributed by atoms with Gasteiger partial charge in [-0.2, -0.15) is 0 Å². The van der Waals surface area contributed by atoms with E-state index in [1.807, 2.05) is 0 Å². The highest BCUT2D eigenvalue weighted by Crippen LogP contribution is 2.22. The summed E-state index contributed by atoms with van der Waals surface area (Å²) < 4.78 is 10.4. The van der Waals surface area contributed by atoms with Crippen LogP contribution in [0.4, 0.5) is 0 Å². The molecule has 1 aromatic rings. The lowest BCUT2D eigenvalue weighted by Gasteiger charge is -2.27. The summed E-state index contributed by atoms with van der Waals surface area (Å²) in [7, 11) is 3.45. The molecule has 1 aromatic carbocycles. The molecule has 0 radical (unpaired) electrons. The third-order valence-electron chi connectivity index (χ3n) is 4.04. The van der Waals surface area contributed by atoms with Gasteiger partial charge in [0.2, 0.25) is 0 Å². The monoisotopic (exact) mass is 463 g/mol. The molecule has 5 nitrogen and oxygen atoms in total. The van der Waals surface area contributed by atoms with Gasteiger partial charge >= 0.3 is 0 Å².